The zero-order valence-corrected chi connectivity index (χ0v) is 15.8. The molecule has 1 N–H and O–H groups in total. The van der Waals surface area contributed by atoms with Crippen LogP contribution in [0, 0.1) is 11.8 Å². The Labute approximate surface area is 161 Å². The van der Waals surface area contributed by atoms with Crippen molar-refractivity contribution >= 4 is 31.7 Å². The largest absolute Gasteiger partial charge is 0.478 e. The van der Waals surface area contributed by atoms with Crippen molar-refractivity contribution in [2.75, 3.05) is 0 Å². The summed E-state index contributed by atoms with van der Waals surface area (Å²) in [5, 5.41) is 9.32. The van der Waals surface area contributed by atoms with Crippen LogP contribution in [0.2, 0.25) is 0 Å². The highest BCUT2D eigenvalue weighted by molar-refractivity contribution is 8.13. The molecule has 0 aliphatic heterocycles. The number of hydrogen-bond donors (Lipinski definition) is 1. The van der Waals surface area contributed by atoms with E-state index in [4.69, 9.17) is 15.4 Å². The van der Waals surface area contributed by atoms with E-state index < -0.39 is 21.0 Å². The quantitative estimate of drug-likeness (QED) is 0.353. The molecule has 8 heteroatoms. The molecule has 0 fully saturated rings. The first-order valence-corrected chi connectivity index (χ1v) is 10.2. The zero-order chi connectivity index (χ0) is 20.0. The van der Waals surface area contributed by atoms with Crippen LogP contribution in [0.25, 0.3) is 0 Å². The summed E-state index contributed by atoms with van der Waals surface area (Å²) in [6.07, 6.45) is 0.781. The number of halogens is 1. The Hall–Kier alpha value is -2.82. The second kappa shape index (κ2) is 8.71. The minimum absolute atomic E-state index is 0.0387. The molecule has 0 radical (unpaired) electrons. The number of carbonyl (C=O) groups is 2. The minimum Gasteiger partial charge on any atom is -0.478 e. The fourth-order valence-corrected chi connectivity index (χ4v) is 2.86. The molecule has 2 aromatic rings. The Morgan fingerprint density at radius 1 is 1.07 bits per heavy atom. The molecule has 0 bridgehead atoms. The van der Waals surface area contributed by atoms with Crippen molar-refractivity contribution in [2.24, 2.45) is 0 Å². The molecule has 0 amide bonds. The molecule has 0 aliphatic carbocycles. The van der Waals surface area contributed by atoms with Gasteiger partial charge in [0.15, 0.2) is 0 Å². The van der Waals surface area contributed by atoms with Gasteiger partial charge in [-0.2, -0.15) is 0 Å². The summed E-state index contributed by atoms with van der Waals surface area (Å²) in [6, 6.07) is 9.84. The summed E-state index contributed by atoms with van der Waals surface area (Å²) in [5.41, 5.74) is 0.751. The van der Waals surface area contributed by atoms with E-state index in [1.54, 1.807) is 0 Å². The first-order chi connectivity index (χ1) is 12.7. The molecule has 0 aliphatic rings. The van der Waals surface area contributed by atoms with Gasteiger partial charge in [0.05, 0.1) is 4.90 Å². The van der Waals surface area contributed by atoms with Gasteiger partial charge < -0.3 is 9.84 Å². The summed E-state index contributed by atoms with van der Waals surface area (Å²) in [4.78, 5) is 23.0. The van der Waals surface area contributed by atoms with Gasteiger partial charge in [-0.1, -0.05) is 18.8 Å². The average molecular weight is 407 g/mol. The SMILES string of the molecule is CCCC(=O)Oc1ccc(C#Cc2ccc(S(=O)(=O)Cl)cc2)cc1C(=O)O. The minimum atomic E-state index is -3.80. The highest BCUT2D eigenvalue weighted by Gasteiger charge is 2.15. The van der Waals surface area contributed by atoms with Crippen molar-refractivity contribution < 1.29 is 27.9 Å². The predicted octanol–water partition coefficient (Wildman–Crippen LogP) is 3.42. The maximum absolute atomic E-state index is 11.6. The number of rotatable bonds is 5. The number of benzene rings is 2. The normalized spacial score (nSPS) is 10.6. The van der Waals surface area contributed by atoms with E-state index >= 15 is 0 Å². The number of carboxylic acids is 1. The molecule has 0 heterocycles. The third-order valence-corrected chi connectivity index (χ3v) is 4.74. The van der Waals surface area contributed by atoms with Crippen molar-refractivity contribution in [3.05, 3.63) is 59.2 Å². The zero-order valence-electron chi connectivity index (χ0n) is 14.2. The molecular formula is C19H15ClO6S. The van der Waals surface area contributed by atoms with E-state index in [0.717, 1.165) is 0 Å². The maximum Gasteiger partial charge on any atom is 0.339 e. The molecule has 27 heavy (non-hydrogen) atoms. The fraction of sp³-hybridized carbons (Fsp3) is 0.158. The number of ether oxygens (including phenoxy) is 1. The van der Waals surface area contributed by atoms with Gasteiger partial charge in [-0.05, 0) is 48.9 Å². The molecule has 0 spiro atoms. The highest BCUT2D eigenvalue weighted by Crippen LogP contribution is 2.21. The molecule has 0 aromatic heterocycles. The average Bonchev–Trinajstić information content (AvgIpc) is 2.60. The van der Waals surface area contributed by atoms with Crippen molar-refractivity contribution in [2.45, 2.75) is 24.7 Å². The summed E-state index contributed by atoms with van der Waals surface area (Å²) in [6.45, 7) is 1.81. The molecular weight excluding hydrogens is 392 g/mol. The van der Waals surface area contributed by atoms with Gasteiger partial charge >= 0.3 is 11.9 Å². The van der Waals surface area contributed by atoms with E-state index in [2.05, 4.69) is 11.8 Å². The van der Waals surface area contributed by atoms with Gasteiger partial charge in [-0.3, -0.25) is 4.79 Å². The lowest BCUT2D eigenvalue weighted by molar-refractivity contribution is -0.134. The lowest BCUT2D eigenvalue weighted by atomic mass is 10.1. The molecule has 2 rings (SSSR count). The van der Waals surface area contributed by atoms with Gasteiger partial charge in [0.25, 0.3) is 9.05 Å². The number of esters is 1. The van der Waals surface area contributed by atoms with Crippen molar-refractivity contribution in [3.63, 3.8) is 0 Å². The number of aromatic carboxylic acids is 1. The van der Waals surface area contributed by atoms with Crippen LogP contribution in [-0.4, -0.2) is 25.5 Å². The Morgan fingerprint density at radius 2 is 1.67 bits per heavy atom. The van der Waals surface area contributed by atoms with Crippen LogP contribution in [0.3, 0.4) is 0 Å². The Bertz CT molecular complexity index is 1030. The fourth-order valence-electron chi connectivity index (χ4n) is 2.09. The van der Waals surface area contributed by atoms with Crippen molar-refractivity contribution in [3.8, 4) is 17.6 Å². The first-order valence-electron chi connectivity index (χ1n) is 7.85. The highest BCUT2D eigenvalue weighted by atomic mass is 35.7. The molecule has 2 aromatic carbocycles. The van der Waals surface area contributed by atoms with Gasteiger partial charge in [0.2, 0.25) is 0 Å². The number of carbonyl (C=O) groups excluding carboxylic acids is 1. The van der Waals surface area contributed by atoms with Crippen LogP contribution in [0.4, 0.5) is 0 Å². The third kappa shape index (κ3) is 5.84. The Morgan fingerprint density at radius 3 is 2.22 bits per heavy atom. The third-order valence-electron chi connectivity index (χ3n) is 3.37. The van der Waals surface area contributed by atoms with Crippen molar-refractivity contribution in [1.29, 1.82) is 0 Å². The number of carboxylic acid groups (broad SMARTS) is 1. The van der Waals surface area contributed by atoms with Crippen LogP contribution < -0.4 is 4.74 Å². The summed E-state index contributed by atoms with van der Waals surface area (Å²) >= 11 is 0. The summed E-state index contributed by atoms with van der Waals surface area (Å²) < 4.78 is 27.5. The predicted molar refractivity (Wildman–Crippen MR) is 99.4 cm³/mol. The van der Waals surface area contributed by atoms with Gasteiger partial charge in [-0.15, -0.1) is 0 Å². The van der Waals surface area contributed by atoms with E-state index in [1.807, 2.05) is 6.92 Å². The smallest absolute Gasteiger partial charge is 0.339 e. The van der Waals surface area contributed by atoms with Crippen LogP contribution in [0.5, 0.6) is 5.75 Å². The summed E-state index contributed by atoms with van der Waals surface area (Å²) in [7, 11) is 1.44. The summed E-state index contributed by atoms with van der Waals surface area (Å²) in [5.74, 6) is 3.80. The van der Waals surface area contributed by atoms with E-state index in [9.17, 15) is 23.1 Å². The molecule has 140 valence electrons. The monoisotopic (exact) mass is 406 g/mol. The molecule has 0 saturated heterocycles. The van der Waals surface area contributed by atoms with Crippen LogP contribution in [0.1, 0.15) is 41.3 Å². The van der Waals surface area contributed by atoms with Crippen molar-refractivity contribution in [1.82, 2.24) is 0 Å². The maximum atomic E-state index is 11.6. The van der Waals surface area contributed by atoms with Crippen LogP contribution in [0.15, 0.2) is 47.4 Å². The number of hydrogen-bond acceptors (Lipinski definition) is 5. The lowest BCUT2D eigenvalue weighted by Crippen LogP contribution is -2.10. The second-order valence-corrected chi connectivity index (χ2v) is 8.02. The standard InChI is InChI=1S/C19H15ClO6S/c1-2-3-18(21)26-17-11-8-14(12-16(17)19(22)23)5-4-13-6-9-15(10-7-13)27(20,24)25/h6-12H,2-3H2,1H3,(H,22,23). The van der Waals surface area contributed by atoms with E-state index in [0.29, 0.717) is 17.5 Å². The van der Waals surface area contributed by atoms with Crippen LogP contribution in [-0.2, 0) is 13.8 Å². The first kappa shape index (κ1) is 20.5. The van der Waals surface area contributed by atoms with Gasteiger partial charge in [0, 0.05) is 28.2 Å². The molecule has 0 saturated carbocycles. The van der Waals surface area contributed by atoms with Gasteiger partial charge in [0.1, 0.15) is 11.3 Å². The van der Waals surface area contributed by atoms with E-state index in [1.165, 1.54) is 42.5 Å². The Kier molecular flexibility index (Phi) is 6.61. The molecule has 6 nitrogen and oxygen atoms in total. The van der Waals surface area contributed by atoms with E-state index in [-0.39, 0.29) is 22.6 Å². The molecule has 0 atom stereocenters. The molecule has 0 unspecified atom stereocenters. The topological polar surface area (TPSA) is 97.7 Å². The van der Waals surface area contributed by atoms with Crippen LogP contribution >= 0.6 is 10.7 Å². The lowest BCUT2D eigenvalue weighted by Gasteiger charge is -2.07. The Balaban J connectivity index is 2.28. The van der Waals surface area contributed by atoms with Gasteiger partial charge in [-0.25, -0.2) is 13.2 Å². The second-order valence-electron chi connectivity index (χ2n) is 5.45.